The van der Waals surface area contributed by atoms with Gasteiger partial charge in [0, 0.05) is 18.0 Å². The smallest absolute Gasteiger partial charge is 0.161 e. The molecule has 0 atom stereocenters. The zero-order valence-corrected chi connectivity index (χ0v) is 12.7. The fourth-order valence-corrected chi connectivity index (χ4v) is 4.21. The van der Waals surface area contributed by atoms with Gasteiger partial charge in [0.25, 0.3) is 0 Å². The van der Waals surface area contributed by atoms with Crippen molar-refractivity contribution in [2.45, 2.75) is 32.1 Å². The third-order valence-electron chi connectivity index (χ3n) is 4.33. The van der Waals surface area contributed by atoms with Crippen LogP contribution in [0.1, 0.15) is 37.7 Å². The fraction of sp³-hybridized carbons (Fsp3) is 0.500. The maximum Gasteiger partial charge on any atom is 0.161 e. The van der Waals surface area contributed by atoms with Gasteiger partial charge in [0.15, 0.2) is 5.17 Å². The zero-order chi connectivity index (χ0) is 14.7. The summed E-state index contributed by atoms with van der Waals surface area (Å²) in [6.45, 7) is 0.884. The summed E-state index contributed by atoms with van der Waals surface area (Å²) >= 11 is 1.74. The van der Waals surface area contributed by atoms with Gasteiger partial charge in [-0.3, -0.25) is 4.99 Å². The lowest BCUT2D eigenvalue weighted by atomic mass is 9.75. The van der Waals surface area contributed by atoms with E-state index >= 15 is 0 Å². The average Bonchev–Trinajstić information content (AvgIpc) is 2.52. The number of aliphatic imine (C=N–C) groups is 1. The van der Waals surface area contributed by atoms with Crippen LogP contribution in [0.4, 0.5) is 10.1 Å². The first-order valence-corrected chi connectivity index (χ1v) is 8.33. The molecule has 1 aromatic rings. The predicted octanol–water partition coefficient (Wildman–Crippen LogP) is 4.16. The Morgan fingerprint density at radius 3 is 2.76 bits per heavy atom. The van der Waals surface area contributed by atoms with Crippen LogP contribution in [0, 0.1) is 22.6 Å². The summed E-state index contributed by atoms with van der Waals surface area (Å²) < 4.78 is 13.3. The van der Waals surface area contributed by atoms with E-state index in [9.17, 15) is 4.39 Å². The molecule has 1 aliphatic carbocycles. The Morgan fingerprint density at radius 1 is 1.29 bits per heavy atom. The molecule has 0 bridgehead atoms. The number of amidine groups is 1. The van der Waals surface area contributed by atoms with Gasteiger partial charge in [0.1, 0.15) is 11.9 Å². The molecule has 0 radical (unpaired) electrons. The Labute approximate surface area is 128 Å². The van der Waals surface area contributed by atoms with Crippen molar-refractivity contribution in [1.82, 2.24) is 0 Å². The van der Waals surface area contributed by atoms with Gasteiger partial charge in [-0.15, -0.1) is 0 Å². The molecule has 110 valence electrons. The van der Waals surface area contributed by atoms with Crippen LogP contribution >= 0.6 is 11.8 Å². The van der Waals surface area contributed by atoms with E-state index in [1.165, 1.54) is 44.2 Å². The second kappa shape index (κ2) is 6.07. The lowest BCUT2D eigenvalue weighted by Gasteiger charge is -2.38. The number of nitrogens with zero attached hydrogens (tertiary/aromatic N) is 2. The molecular weight excluding hydrogens is 285 g/mol. The Balaban J connectivity index is 1.68. The average molecular weight is 303 g/mol. The fourth-order valence-electron chi connectivity index (χ4n) is 3.04. The summed E-state index contributed by atoms with van der Waals surface area (Å²) in [7, 11) is 0. The van der Waals surface area contributed by atoms with Crippen LogP contribution < -0.4 is 5.32 Å². The van der Waals surface area contributed by atoms with Crippen LogP contribution in [0.2, 0.25) is 0 Å². The molecule has 0 saturated heterocycles. The molecule has 3 nitrogen and oxygen atoms in total. The maximum absolute atomic E-state index is 13.3. The van der Waals surface area contributed by atoms with Crippen LogP contribution in [0.3, 0.4) is 0 Å². The molecule has 1 fully saturated rings. The van der Waals surface area contributed by atoms with Crippen LogP contribution in [-0.4, -0.2) is 17.5 Å². The minimum absolute atomic E-state index is 0.0603. The SMILES string of the molecule is N#Cc1cc(NC2=NCC3(CCCCC3)CS2)ccc1F. The number of nitriles is 1. The molecule has 0 amide bonds. The van der Waals surface area contributed by atoms with E-state index in [1.54, 1.807) is 17.8 Å². The molecule has 1 heterocycles. The lowest BCUT2D eigenvalue weighted by molar-refractivity contribution is 0.232. The normalized spacial score (nSPS) is 20.7. The van der Waals surface area contributed by atoms with Gasteiger partial charge in [-0.2, -0.15) is 5.26 Å². The van der Waals surface area contributed by atoms with Crippen molar-refractivity contribution in [1.29, 1.82) is 5.26 Å². The van der Waals surface area contributed by atoms with E-state index in [1.807, 2.05) is 6.07 Å². The molecule has 2 aliphatic rings. The number of hydrogen-bond donors (Lipinski definition) is 1. The number of nitrogens with one attached hydrogen (secondary N) is 1. The first-order chi connectivity index (χ1) is 10.2. The number of rotatable bonds is 1. The number of hydrogen-bond acceptors (Lipinski definition) is 4. The quantitative estimate of drug-likeness (QED) is 0.847. The minimum Gasteiger partial charge on any atom is -0.335 e. The second-order valence-electron chi connectivity index (χ2n) is 5.90. The zero-order valence-electron chi connectivity index (χ0n) is 11.9. The van der Waals surface area contributed by atoms with Crippen molar-refractivity contribution in [3.05, 3.63) is 29.6 Å². The Hall–Kier alpha value is -1.54. The summed E-state index contributed by atoms with van der Waals surface area (Å²) in [5.74, 6) is 0.618. The van der Waals surface area contributed by atoms with Gasteiger partial charge >= 0.3 is 0 Å². The standard InChI is InChI=1S/C16H18FN3S/c17-14-5-4-13(8-12(14)9-18)20-15-19-10-16(11-21-15)6-2-1-3-7-16/h4-5,8H,1-3,6-7,10-11H2,(H,19,20). The van der Waals surface area contributed by atoms with Crippen molar-refractivity contribution in [3.63, 3.8) is 0 Å². The van der Waals surface area contributed by atoms with Crippen LogP contribution in [0.25, 0.3) is 0 Å². The monoisotopic (exact) mass is 303 g/mol. The number of halogens is 1. The summed E-state index contributed by atoms with van der Waals surface area (Å²) in [5.41, 5.74) is 1.18. The molecular formula is C16H18FN3S. The van der Waals surface area contributed by atoms with E-state index in [2.05, 4.69) is 10.3 Å². The maximum atomic E-state index is 13.3. The van der Waals surface area contributed by atoms with Crippen molar-refractivity contribution >= 4 is 22.6 Å². The molecule has 1 aromatic carbocycles. The summed E-state index contributed by atoms with van der Waals surface area (Å²) in [6, 6.07) is 6.35. The molecule has 1 spiro atoms. The highest BCUT2D eigenvalue weighted by Crippen LogP contribution is 2.41. The van der Waals surface area contributed by atoms with E-state index in [-0.39, 0.29) is 5.56 Å². The molecule has 1 N–H and O–H groups in total. The van der Waals surface area contributed by atoms with Crippen LogP contribution in [-0.2, 0) is 0 Å². The van der Waals surface area contributed by atoms with E-state index in [0.717, 1.165) is 23.2 Å². The summed E-state index contributed by atoms with van der Waals surface area (Å²) in [4.78, 5) is 4.67. The van der Waals surface area contributed by atoms with Crippen LogP contribution in [0.5, 0.6) is 0 Å². The first kappa shape index (κ1) is 14.4. The number of thioether (sulfide) groups is 1. The van der Waals surface area contributed by atoms with Crippen molar-refractivity contribution in [2.24, 2.45) is 10.4 Å². The molecule has 1 saturated carbocycles. The summed E-state index contributed by atoms with van der Waals surface area (Å²) in [6.07, 6.45) is 6.57. The van der Waals surface area contributed by atoms with Crippen molar-refractivity contribution < 1.29 is 4.39 Å². The highest BCUT2D eigenvalue weighted by atomic mass is 32.2. The van der Waals surface area contributed by atoms with E-state index < -0.39 is 5.82 Å². The van der Waals surface area contributed by atoms with Gasteiger partial charge in [-0.1, -0.05) is 31.0 Å². The molecule has 5 heteroatoms. The van der Waals surface area contributed by atoms with Gasteiger partial charge in [0.2, 0.25) is 0 Å². The third kappa shape index (κ3) is 3.21. The van der Waals surface area contributed by atoms with Gasteiger partial charge in [0.05, 0.1) is 5.56 Å². The Morgan fingerprint density at radius 2 is 2.10 bits per heavy atom. The Kier molecular flexibility index (Phi) is 4.16. The molecule has 3 rings (SSSR count). The Bertz CT molecular complexity index is 600. The van der Waals surface area contributed by atoms with Gasteiger partial charge in [-0.25, -0.2) is 4.39 Å². The highest BCUT2D eigenvalue weighted by Gasteiger charge is 2.34. The summed E-state index contributed by atoms with van der Waals surface area (Å²) in [5, 5.41) is 12.9. The molecule has 0 unspecified atom stereocenters. The molecule has 1 aliphatic heterocycles. The van der Waals surface area contributed by atoms with Gasteiger partial charge < -0.3 is 5.32 Å². The number of benzene rings is 1. The van der Waals surface area contributed by atoms with Crippen molar-refractivity contribution in [2.75, 3.05) is 17.6 Å². The first-order valence-electron chi connectivity index (χ1n) is 7.35. The lowest BCUT2D eigenvalue weighted by Crippen LogP contribution is -2.35. The highest BCUT2D eigenvalue weighted by molar-refractivity contribution is 8.14. The van der Waals surface area contributed by atoms with Gasteiger partial charge in [-0.05, 0) is 36.5 Å². The molecule has 21 heavy (non-hydrogen) atoms. The minimum atomic E-state index is -0.484. The third-order valence-corrected chi connectivity index (χ3v) is 5.59. The predicted molar refractivity (Wildman–Crippen MR) is 85.0 cm³/mol. The van der Waals surface area contributed by atoms with E-state index in [0.29, 0.717) is 5.41 Å². The largest absolute Gasteiger partial charge is 0.335 e. The molecule has 0 aromatic heterocycles. The van der Waals surface area contributed by atoms with E-state index in [4.69, 9.17) is 5.26 Å². The van der Waals surface area contributed by atoms with Crippen molar-refractivity contribution in [3.8, 4) is 6.07 Å². The van der Waals surface area contributed by atoms with Crippen LogP contribution in [0.15, 0.2) is 23.2 Å². The second-order valence-corrected chi connectivity index (χ2v) is 6.87. The number of anilines is 1. The topological polar surface area (TPSA) is 48.2 Å².